The molecule has 0 amide bonds. The Bertz CT molecular complexity index is 673. The standard InChI is InChI=1S/C17H19F3N2S/c1-10(2)22-16-11(3)5-14(6-12(16)4)23-15-7-13(8-21-9-15)17(18,19)20/h5-10,22H,1-4H3. The van der Waals surface area contributed by atoms with E-state index in [-0.39, 0.29) is 0 Å². The van der Waals surface area contributed by atoms with Crippen molar-refractivity contribution in [1.82, 2.24) is 4.98 Å². The van der Waals surface area contributed by atoms with Gasteiger partial charge in [0.2, 0.25) is 0 Å². The lowest BCUT2D eigenvalue weighted by molar-refractivity contribution is -0.138. The van der Waals surface area contributed by atoms with Gasteiger partial charge < -0.3 is 5.32 Å². The molecule has 0 aliphatic heterocycles. The van der Waals surface area contributed by atoms with Crippen LogP contribution in [0, 0.1) is 13.8 Å². The largest absolute Gasteiger partial charge is 0.417 e. The maximum atomic E-state index is 12.8. The number of nitrogens with one attached hydrogen (secondary N) is 1. The fourth-order valence-electron chi connectivity index (χ4n) is 2.26. The SMILES string of the molecule is Cc1cc(Sc2cncc(C(F)(F)F)c2)cc(C)c1NC(C)C. The van der Waals surface area contributed by atoms with Gasteiger partial charge in [-0.2, -0.15) is 13.2 Å². The van der Waals surface area contributed by atoms with E-state index in [1.54, 1.807) is 0 Å². The number of anilines is 1. The van der Waals surface area contributed by atoms with Crippen LogP contribution in [0.3, 0.4) is 0 Å². The summed E-state index contributed by atoms with van der Waals surface area (Å²) in [6.07, 6.45) is -2.08. The first-order valence-corrected chi connectivity index (χ1v) is 8.06. The normalized spacial score (nSPS) is 11.8. The Morgan fingerprint density at radius 3 is 2.13 bits per heavy atom. The summed E-state index contributed by atoms with van der Waals surface area (Å²) in [5, 5.41) is 3.39. The quantitative estimate of drug-likeness (QED) is 0.774. The van der Waals surface area contributed by atoms with Gasteiger partial charge in [-0.25, -0.2) is 0 Å². The van der Waals surface area contributed by atoms with E-state index in [2.05, 4.69) is 24.1 Å². The third kappa shape index (κ3) is 4.64. The van der Waals surface area contributed by atoms with Crippen LogP contribution in [0.15, 0.2) is 40.4 Å². The molecule has 1 aromatic heterocycles. The third-order valence-corrected chi connectivity index (χ3v) is 4.15. The Morgan fingerprint density at radius 1 is 1.00 bits per heavy atom. The molecule has 0 spiro atoms. The van der Waals surface area contributed by atoms with Gasteiger partial charge in [0.25, 0.3) is 0 Å². The van der Waals surface area contributed by atoms with Gasteiger partial charge in [-0.1, -0.05) is 11.8 Å². The number of pyridine rings is 1. The number of halogens is 3. The molecule has 0 fully saturated rings. The molecule has 1 heterocycles. The Labute approximate surface area is 138 Å². The zero-order chi connectivity index (χ0) is 17.2. The molecule has 6 heteroatoms. The molecule has 0 unspecified atom stereocenters. The third-order valence-electron chi connectivity index (χ3n) is 3.22. The molecule has 23 heavy (non-hydrogen) atoms. The van der Waals surface area contributed by atoms with Crippen LogP contribution in [0.25, 0.3) is 0 Å². The van der Waals surface area contributed by atoms with Gasteiger partial charge >= 0.3 is 6.18 Å². The Kier molecular flexibility index (Phi) is 5.24. The van der Waals surface area contributed by atoms with E-state index in [1.807, 2.05) is 26.0 Å². The number of aromatic nitrogens is 1. The number of rotatable bonds is 4. The summed E-state index contributed by atoms with van der Waals surface area (Å²) in [5.41, 5.74) is 2.49. The average molecular weight is 340 g/mol. The second-order valence-corrected chi connectivity index (χ2v) is 6.89. The van der Waals surface area contributed by atoms with E-state index in [0.717, 1.165) is 34.0 Å². The van der Waals surface area contributed by atoms with Gasteiger partial charge in [0.15, 0.2) is 0 Å². The van der Waals surface area contributed by atoms with Crippen molar-refractivity contribution < 1.29 is 13.2 Å². The topological polar surface area (TPSA) is 24.9 Å². The fraction of sp³-hybridized carbons (Fsp3) is 0.353. The number of benzene rings is 1. The van der Waals surface area contributed by atoms with Gasteiger partial charge in [-0.3, -0.25) is 4.98 Å². The first-order valence-electron chi connectivity index (χ1n) is 7.24. The zero-order valence-corrected chi connectivity index (χ0v) is 14.3. The lowest BCUT2D eigenvalue weighted by Crippen LogP contribution is -2.12. The van der Waals surface area contributed by atoms with E-state index in [1.165, 1.54) is 18.0 Å². The highest BCUT2D eigenvalue weighted by atomic mass is 32.2. The smallest absolute Gasteiger partial charge is 0.382 e. The Morgan fingerprint density at radius 2 is 1.61 bits per heavy atom. The monoisotopic (exact) mass is 340 g/mol. The number of nitrogens with zero attached hydrogens (tertiary/aromatic N) is 1. The summed E-state index contributed by atoms with van der Waals surface area (Å²) >= 11 is 1.28. The van der Waals surface area contributed by atoms with Crippen LogP contribution in [0.1, 0.15) is 30.5 Å². The first kappa shape index (κ1) is 17.7. The average Bonchev–Trinajstić information content (AvgIpc) is 2.42. The van der Waals surface area contributed by atoms with Crippen molar-refractivity contribution in [3.05, 3.63) is 47.3 Å². The van der Waals surface area contributed by atoms with E-state index < -0.39 is 11.7 Å². The molecule has 0 atom stereocenters. The van der Waals surface area contributed by atoms with Gasteiger partial charge in [0, 0.05) is 33.9 Å². The summed E-state index contributed by atoms with van der Waals surface area (Å²) in [6, 6.07) is 5.40. The van der Waals surface area contributed by atoms with Gasteiger partial charge in [-0.15, -0.1) is 0 Å². The van der Waals surface area contributed by atoms with Crippen molar-refractivity contribution in [2.45, 2.75) is 49.7 Å². The van der Waals surface area contributed by atoms with E-state index in [4.69, 9.17) is 0 Å². The van der Waals surface area contributed by atoms with E-state index in [0.29, 0.717) is 10.9 Å². The molecule has 1 aromatic carbocycles. The Balaban J connectivity index is 2.28. The first-order chi connectivity index (χ1) is 10.7. The molecule has 2 nitrogen and oxygen atoms in total. The summed E-state index contributed by atoms with van der Waals surface area (Å²) in [7, 11) is 0. The maximum Gasteiger partial charge on any atom is 0.417 e. The molecular formula is C17H19F3N2S. The molecule has 0 aliphatic rings. The minimum atomic E-state index is -4.37. The minimum Gasteiger partial charge on any atom is -0.382 e. The fourth-order valence-corrected chi connectivity index (χ4v) is 3.31. The van der Waals surface area contributed by atoms with Crippen LogP contribution in [0.2, 0.25) is 0 Å². The lowest BCUT2D eigenvalue weighted by atomic mass is 10.1. The predicted octanol–water partition coefficient (Wildman–Crippen LogP) is 5.69. The molecule has 2 rings (SSSR count). The van der Waals surface area contributed by atoms with Crippen LogP contribution in [-0.4, -0.2) is 11.0 Å². The molecule has 0 saturated carbocycles. The summed E-state index contributed by atoms with van der Waals surface area (Å²) < 4.78 is 38.3. The summed E-state index contributed by atoms with van der Waals surface area (Å²) in [6.45, 7) is 8.12. The van der Waals surface area contributed by atoms with Crippen LogP contribution < -0.4 is 5.32 Å². The molecule has 1 N–H and O–H groups in total. The predicted molar refractivity (Wildman–Crippen MR) is 88.0 cm³/mol. The van der Waals surface area contributed by atoms with Gasteiger partial charge in [0.05, 0.1) is 5.56 Å². The van der Waals surface area contributed by atoms with Crippen LogP contribution in [0.5, 0.6) is 0 Å². The summed E-state index contributed by atoms with van der Waals surface area (Å²) in [4.78, 5) is 5.07. The van der Waals surface area contributed by atoms with Crippen LogP contribution in [-0.2, 0) is 6.18 Å². The van der Waals surface area contributed by atoms with Crippen molar-refractivity contribution in [2.24, 2.45) is 0 Å². The van der Waals surface area contributed by atoms with Crippen molar-refractivity contribution in [2.75, 3.05) is 5.32 Å². The molecule has 0 aliphatic carbocycles. The van der Waals surface area contributed by atoms with Crippen molar-refractivity contribution >= 4 is 17.4 Å². The second kappa shape index (κ2) is 6.83. The molecule has 124 valence electrons. The minimum absolute atomic E-state index is 0.318. The van der Waals surface area contributed by atoms with E-state index in [9.17, 15) is 13.2 Å². The highest BCUT2D eigenvalue weighted by molar-refractivity contribution is 7.99. The van der Waals surface area contributed by atoms with Crippen molar-refractivity contribution in [3.8, 4) is 0 Å². The zero-order valence-electron chi connectivity index (χ0n) is 13.5. The molecule has 0 bridgehead atoms. The highest BCUT2D eigenvalue weighted by Gasteiger charge is 2.31. The molecule has 0 radical (unpaired) electrons. The maximum absolute atomic E-state index is 12.8. The molecular weight excluding hydrogens is 321 g/mol. The van der Waals surface area contributed by atoms with Crippen molar-refractivity contribution in [1.29, 1.82) is 0 Å². The van der Waals surface area contributed by atoms with Crippen LogP contribution in [0.4, 0.5) is 18.9 Å². The lowest BCUT2D eigenvalue weighted by Gasteiger charge is -2.17. The molecule has 2 aromatic rings. The van der Waals surface area contributed by atoms with Gasteiger partial charge in [-0.05, 0) is 57.0 Å². The number of hydrogen-bond donors (Lipinski definition) is 1. The number of hydrogen-bond acceptors (Lipinski definition) is 3. The number of alkyl halides is 3. The Hall–Kier alpha value is -1.69. The summed E-state index contributed by atoms with van der Waals surface area (Å²) in [5.74, 6) is 0. The van der Waals surface area contributed by atoms with E-state index >= 15 is 0 Å². The molecule has 0 saturated heterocycles. The van der Waals surface area contributed by atoms with Crippen molar-refractivity contribution in [3.63, 3.8) is 0 Å². The van der Waals surface area contributed by atoms with Crippen LogP contribution >= 0.6 is 11.8 Å². The highest BCUT2D eigenvalue weighted by Crippen LogP contribution is 2.35. The number of aryl methyl sites for hydroxylation is 2. The second-order valence-electron chi connectivity index (χ2n) is 5.74. The van der Waals surface area contributed by atoms with Gasteiger partial charge in [0.1, 0.15) is 0 Å².